The normalized spacial score (nSPS) is 21.5. The topological polar surface area (TPSA) is 32.3 Å². The number of hydrogen-bond acceptors (Lipinski definition) is 2. The standard InChI is InChI=1S/C14H21NO/c1-2-14(16)15-10-12-8-5-7-11-6-3-4-9-13(11)12/h3-4,6,9,12,14-16H,2,5,7-8,10H2,1H3. The van der Waals surface area contributed by atoms with E-state index >= 15 is 0 Å². The van der Waals surface area contributed by atoms with E-state index in [0.717, 1.165) is 13.0 Å². The van der Waals surface area contributed by atoms with Crippen LogP contribution in [0.2, 0.25) is 0 Å². The van der Waals surface area contributed by atoms with Crippen LogP contribution in [0.1, 0.15) is 43.2 Å². The summed E-state index contributed by atoms with van der Waals surface area (Å²) in [5.74, 6) is 0.575. The van der Waals surface area contributed by atoms with E-state index < -0.39 is 0 Å². The molecule has 0 amide bonds. The van der Waals surface area contributed by atoms with Gasteiger partial charge in [-0.2, -0.15) is 0 Å². The predicted octanol–water partition coefficient (Wildman–Crippen LogP) is 2.42. The Hall–Kier alpha value is -0.860. The minimum absolute atomic E-state index is 0.353. The van der Waals surface area contributed by atoms with Gasteiger partial charge in [-0.3, -0.25) is 5.32 Å². The van der Waals surface area contributed by atoms with Crippen LogP contribution in [0, 0.1) is 0 Å². The highest BCUT2D eigenvalue weighted by atomic mass is 16.3. The molecule has 2 atom stereocenters. The van der Waals surface area contributed by atoms with Gasteiger partial charge in [0, 0.05) is 6.54 Å². The Morgan fingerprint density at radius 2 is 2.25 bits per heavy atom. The smallest absolute Gasteiger partial charge is 0.104 e. The van der Waals surface area contributed by atoms with Crippen molar-refractivity contribution >= 4 is 0 Å². The van der Waals surface area contributed by atoms with Gasteiger partial charge in [-0.15, -0.1) is 0 Å². The first-order valence-electron chi connectivity index (χ1n) is 6.30. The molecule has 0 bridgehead atoms. The van der Waals surface area contributed by atoms with Gasteiger partial charge in [-0.25, -0.2) is 0 Å². The van der Waals surface area contributed by atoms with Crippen LogP contribution in [0.3, 0.4) is 0 Å². The Kier molecular flexibility index (Phi) is 3.97. The molecule has 2 nitrogen and oxygen atoms in total. The lowest BCUT2D eigenvalue weighted by Crippen LogP contribution is -2.33. The number of aliphatic hydroxyl groups excluding tert-OH is 1. The average molecular weight is 219 g/mol. The molecule has 1 aliphatic carbocycles. The van der Waals surface area contributed by atoms with Crippen molar-refractivity contribution in [1.29, 1.82) is 0 Å². The van der Waals surface area contributed by atoms with Crippen molar-refractivity contribution in [2.75, 3.05) is 6.54 Å². The highest BCUT2D eigenvalue weighted by Gasteiger charge is 2.19. The number of hydrogen-bond donors (Lipinski definition) is 2. The maximum Gasteiger partial charge on any atom is 0.104 e. The molecule has 0 heterocycles. The highest BCUT2D eigenvalue weighted by Crippen LogP contribution is 2.30. The molecule has 0 aromatic heterocycles. The molecule has 2 unspecified atom stereocenters. The van der Waals surface area contributed by atoms with Crippen LogP contribution >= 0.6 is 0 Å². The fraction of sp³-hybridized carbons (Fsp3) is 0.571. The molecule has 0 aliphatic heterocycles. The van der Waals surface area contributed by atoms with Crippen molar-refractivity contribution in [1.82, 2.24) is 5.32 Å². The highest BCUT2D eigenvalue weighted by molar-refractivity contribution is 5.32. The van der Waals surface area contributed by atoms with E-state index in [1.165, 1.54) is 30.4 Å². The molecule has 0 radical (unpaired) electrons. The molecule has 16 heavy (non-hydrogen) atoms. The largest absolute Gasteiger partial charge is 0.379 e. The maximum atomic E-state index is 9.53. The van der Waals surface area contributed by atoms with Gasteiger partial charge in [0.15, 0.2) is 0 Å². The van der Waals surface area contributed by atoms with Crippen molar-refractivity contribution in [2.24, 2.45) is 0 Å². The fourth-order valence-corrected chi connectivity index (χ4v) is 2.49. The van der Waals surface area contributed by atoms with E-state index in [4.69, 9.17) is 0 Å². The summed E-state index contributed by atoms with van der Waals surface area (Å²) in [5.41, 5.74) is 2.97. The molecule has 2 heteroatoms. The summed E-state index contributed by atoms with van der Waals surface area (Å²) in [4.78, 5) is 0. The van der Waals surface area contributed by atoms with Crippen LogP contribution in [0.5, 0.6) is 0 Å². The van der Waals surface area contributed by atoms with Crippen molar-refractivity contribution < 1.29 is 5.11 Å². The molecule has 88 valence electrons. The summed E-state index contributed by atoms with van der Waals surface area (Å²) < 4.78 is 0. The van der Waals surface area contributed by atoms with Crippen LogP contribution in [-0.2, 0) is 6.42 Å². The van der Waals surface area contributed by atoms with Crippen molar-refractivity contribution in [3.05, 3.63) is 35.4 Å². The van der Waals surface area contributed by atoms with E-state index in [-0.39, 0.29) is 6.23 Å². The Balaban J connectivity index is 2.01. The van der Waals surface area contributed by atoms with Crippen molar-refractivity contribution in [3.8, 4) is 0 Å². The first kappa shape index (κ1) is 11.6. The second-order valence-corrected chi connectivity index (χ2v) is 4.62. The van der Waals surface area contributed by atoms with E-state index in [1.54, 1.807) is 0 Å². The third kappa shape index (κ3) is 2.63. The van der Waals surface area contributed by atoms with Gasteiger partial charge >= 0.3 is 0 Å². The first-order valence-corrected chi connectivity index (χ1v) is 6.30. The summed E-state index contributed by atoms with van der Waals surface area (Å²) in [6.07, 6.45) is 4.14. The average Bonchev–Trinajstić information content (AvgIpc) is 2.35. The van der Waals surface area contributed by atoms with E-state index in [9.17, 15) is 5.11 Å². The molecule has 0 saturated carbocycles. The van der Waals surface area contributed by atoms with E-state index in [2.05, 4.69) is 29.6 Å². The predicted molar refractivity (Wildman–Crippen MR) is 66.4 cm³/mol. The molecule has 0 fully saturated rings. The Morgan fingerprint density at radius 1 is 1.44 bits per heavy atom. The van der Waals surface area contributed by atoms with Crippen LogP contribution in [-0.4, -0.2) is 17.9 Å². The van der Waals surface area contributed by atoms with Gasteiger partial charge in [-0.1, -0.05) is 31.2 Å². The zero-order chi connectivity index (χ0) is 11.4. The number of fused-ring (bicyclic) bond motifs is 1. The lowest BCUT2D eigenvalue weighted by molar-refractivity contribution is 0.130. The maximum absolute atomic E-state index is 9.53. The Bertz CT molecular complexity index is 337. The van der Waals surface area contributed by atoms with Crippen LogP contribution < -0.4 is 5.32 Å². The van der Waals surface area contributed by atoms with E-state index in [0.29, 0.717) is 5.92 Å². The number of rotatable bonds is 4. The Labute approximate surface area is 97.7 Å². The van der Waals surface area contributed by atoms with Gasteiger partial charge in [0.05, 0.1) is 0 Å². The van der Waals surface area contributed by atoms with Crippen molar-refractivity contribution in [3.63, 3.8) is 0 Å². The lowest BCUT2D eigenvalue weighted by Gasteiger charge is -2.26. The molecule has 0 saturated heterocycles. The van der Waals surface area contributed by atoms with Crippen LogP contribution in [0.15, 0.2) is 24.3 Å². The summed E-state index contributed by atoms with van der Waals surface area (Å²) in [5, 5.41) is 12.7. The molecule has 1 aromatic rings. The minimum Gasteiger partial charge on any atom is -0.379 e. The molecule has 2 N–H and O–H groups in total. The number of aliphatic hydroxyl groups is 1. The number of nitrogens with one attached hydrogen (secondary N) is 1. The first-order chi connectivity index (χ1) is 7.81. The summed E-state index contributed by atoms with van der Waals surface area (Å²) in [7, 11) is 0. The molecular formula is C14H21NO. The van der Waals surface area contributed by atoms with Crippen LogP contribution in [0.4, 0.5) is 0 Å². The van der Waals surface area contributed by atoms with Gasteiger partial charge in [0.2, 0.25) is 0 Å². The summed E-state index contributed by atoms with van der Waals surface area (Å²) in [6, 6.07) is 8.71. The minimum atomic E-state index is -0.353. The summed E-state index contributed by atoms with van der Waals surface area (Å²) >= 11 is 0. The monoisotopic (exact) mass is 219 g/mol. The summed E-state index contributed by atoms with van der Waals surface area (Å²) in [6.45, 7) is 2.89. The second-order valence-electron chi connectivity index (χ2n) is 4.62. The van der Waals surface area contributed by atoms with Gasteiger partial charge in [0.25, 0.3) is 0 Å². The third-order valence-electron chi connectivity index (χ3n) is 3.48. The number of aryl methyl sites for hydroxylation is 1. The Morgan fingerprint density at radius 3 is 3.06 bits per heavy atom. The zero-order valence-electron chi connectivity index (χ0n) is 9.95. The van der Waals surface area contributed by atoms with Gasteiger partial charge in [-0.05, 0) is 42.7 Å². The van der Waals surface area contributed by atoms with Gasteiger partial charge in [0.1, 0.15) is 6.23 Å². The number of benzene rings is 1. The lowest BCUT2D eigenvalue weighted by atomic mass is 9.83. The molecule has 1 aromatic carbocycles. The van der Waals surface area contributed by atoms with E-state index in [1.807, 2.05) is 6.92 Å². The fourth-order valence-electron chi connectivity index (χ4n) is 2.49. The molecule has 0 spiro atoms. The van der Waals surface area contributed by atoms with Crippen molar-refractivity contribution in [2.45, 2.75) is 44.8 Å². The molecular weight excluding hydrogens is 198 g/mol. The van der Waals surface area contributed by atoms with Gasteiger partial charge < -0.3 is 5.11 Å². The molecule has 2 rings (SSSR count). The third-order valence-corrected chi connectivity index (χ3v) is 3.48. The zero-order valence-corrected chi connectivity index (χ0v) is 9.95. The van der Waals surface area contributed by atoms with Crippen LogP contribution in [0.25, 0.3) is 0 Å². The SMILES string of the molecule is CCC(O)NCC1CCCc2ccccc21. The molecule has 1 aliphatic rings. The second kappa shape index (κ2) is 5.46. The quantitative estimate of drug-likeness (QED) is 0.762.